The zero-order chi connectivity index (χ0) is 13.2. The van der Waals surface area contributed by atoms with Crippen molar-refractivity contribution in [3.8, 4) is 0 Å². The molecule has 96 valence electrons. The lowest BCUT2D eigenvalue weighted by atomic mass is 10.0. The van der Waals surface area contributed by atoms with Crippen LogP contribution in [0.5, 0.6) is 0 Å². The second kappa shape index (κ2) is 5.50. The van der Waals surface area contributed by atoms with E-state index in [2.05, 4.69) is 20.8 Å². The molecule has 17 heavy (non-hydrogen) atoms. The molecular formula is C14H23FN2. The highest BCUT2D eigenvalue weighted by atomic mass is 19.1. The van der Waals surface area contributed by atoms with Gasteiger partial charge in [0.05, 0.1) is 5.69 Å². The van der Waals surface area contributed by atoms with Crippen molar-refractivity contribution < 1.29 is 4.39 Å². The van der Waals surface area contributed by atoms with E-state index in [4.69, 9.17) is 5.73 Å². The van der Waals surface area contributed by atoms with Crippen molar-refractivity contribution in [2.45, 2.75) is 39.8 Å². The Kier molecular flexibility index (Phi) is 4.52. The number of rotatable bonds is 4. The summed E-state index contributed by atoms with van der Waals surface area (Å²) in [6.07, 6.45) is 0. The van der Waals surface area contributed by atoms with E-state index in [1.807, 2.05) is 24.9 Å². The minimum absolute atomic E-state index is 0.164. The number of para-hydroxylation sites is 1. The number of benzene rings is 1. The van der Waals surface area contributed by atoms with Crippen LogP contribution in [0.4, 0.5) is 10.1 Å². The largest absolute Gasteiger partial charge is 0.369 e. The van der Waals surface area contributed by atoms with E-state index in [-0.39, 0.29) is 17.9 Å². The van der Waals surface area contributed by atoms with Crippen molar-refractivity contribution in [3.05, 3.63) is 29.6 Å². The maximum absolute atomic E-state index is 14.0. The molecule has 0 spiro atoms. The average molecular weight is 238 g/mol. The number of hydrogen-bond donors (Lipinski definition) is 1. The lowest BCUT2D eigenvalue weighted by Crippen LogP contribution is -2.35. The number of hydrogen-bond acceptors (Lipinski definition) is 2. The van der Waals surface area contributed by atoms with Gasteiger partial charge in [0.1, 0.15) is 5.82 Å². The van der Waals surface area contributed by atoms with Gasteiger partial charge < -0.3 is 10.6 Å². The van der Waals surface area contributed by atoms with Crippen molar-refractivity contribution in [2.75, 3.05) is 11.9 Å². The van der Waals surface area contributed by atoms with Crippen molar-refractivity contribution in [2.24, 2.45) is 11.7 Å². The van der Waals surface area contributed by atoms with Crippen LogP contribution in [0.2, 0.25) is 0 Å². The summed E-state index contributed by atoms with van der Waals surface area (Å²) in [5.41, 5.74) is 7.39. The molecule has 0 bridgehead atoms. The monoisotopic (exact) mass is 238 g/mol. The summed E-state index contributed by atoms with van der Waals surface area (Å²) in [5, 5.41) is 0. The molecule has 2 N–H and O–H groups in total. The number of nitrogens with two attached hydrogens (primary N) is 1. The van der Waals surface area contributed by atoms with Crippen molar-refractivity contribution in [3.63, 3.8) is 0 Å². The molecule has 3 heteroatoms. The van der Waals surface area contributed by atoms with Crippen LogP contribution >= 0.6 is 0 Å². The van der Waals surface area contributed by atoms with Crippen LogP contribution in [0.25, 0.3) is 0 Å². The number of halogens is 1. The molecule has 0 aliphatic carbocycles. The van der Waals surface area contributed by atoms with Gasteiger partial charge in [-0.3, -0.25) is 0 Å². The highest BCUT2D eigenvalue weighted by molar-refractivity contribution is 5.56. The first-order valence-electron chi connectivity index (χ1n) is 6.13. The van der Waals surface area contributed by atoms with Crippen LogP contribution in [-0.4, -0.2) is 13.1 Å². The van der Waals surface area contributed by atoms with Crippen LogP contribution in [0.15, 0.2) is 18.2 Å². The molecule has 0 saturated carbocycles. The molecule has 2 atom stereocenters. The van der Waals surface area contributed by atoms with Gasteiger partial charge in [0.25, 0.3) is 0 Å². The summed E-state index contributed by atoms with van der Waals surface area (Å²) in [6.45, 7) is 8.25. The Hall–Kier alpha value is -1.09. The molecule has 1 aromatic carbocycles. The van der Waals surface area contributed by atoms with Crippen LogP contribution in [0.1, 0.15) is 39.3 Å². The maximum atomic E-state index is 14.0. The van der Waals surface area contributed by atoms with Crippen LogP contribution < -0.4 is 10.6 Å². The fourth-order valence-corrected chi connectivity index (χ4v) is 1.92. The predicted molar refractivity (Wildman–Crippen MR) is 71.7 cm³/mol. The molecule has 1 rings (SSSR count). The van der Waals surface area contributed by atoms with Gasteiger partial charge in [0.15, 0.2) is 0 Å². The Morgan fingerprint density at radius 3 is 2.24 bits per heavy atom. The van der Waals surface area contributed by atoms with Gasteiger partial charge in [-0.25, -0.2) is 4.39 Å². The topological polar surface area (TPSA) is 29.3 Å². The zero-order valence-electron chi connectivity index (χ0n) is 11.4. The minimum atomic E-state index is -0.199. The Morgan fingerprint density at radius 1 is 1.18 bits per heavy atom. The second-order valence-electron chi connectivity index (χ2n) is 5.06. The molecule has 0 fully saturated rings. The lowest BCUT2D eigenvalue weighted by Gasteiger charge is -2.32. The third kappa shape index (κ3) is 2.97. The first-order chi connectivity index (χ1) is 7.86. The van der Waals surface area contributed by atoms with Crippen molar-refractivity contribution in [1.29, 1.82) is 0 Å². The summed E-state index contributed by atoms with van der Waals surface area (Å²) >= 11 is 0. The third-order valence-corrected chi connectivity index (χ3v) is 3.44. The number of nitrogens with zero attached hydrogens (tertiary/aromatic N) is 1. The Morgan fingerprint density at radius 2 is 1.76 bits per heavy atom. The summed E-state index contributed by atoms with van der Waals surface area (Å²) in [5.74, 6) is 0.260. The van der Waals surface area contributed by atoms with Gasteiger partial charge in [0, 0.05) is 19.1 Å². The van der Waals surface area contributed by atoms with E-state index in [9.17, 15) is 4.39 Å². The van der Waals surface area contributed by atoms with E-state index >= 15 is 0 Å². The molecule has 0 amide bonds. The van der Waals surface area contributed by atoms with Crippen LogP contribution in [-0.2, 0) is 0 Å². The Balaban J connectivity index is 3.20. The maximum Gasteiger partial charge on any atom is 0.146 e. The smallest absolute Gasteiger partial charge is 0.146 e. The first kappa shape index (κ1) is 14.0. The fourth-order valence-electron chi connectivity index (χ4n) is 1.92. The minimum Gasteiger partial charge on any atom is -0.369 e. The molecule has 0 aliphatic heterocycles. The van der Waals surface area contributed by atoms with Gasteiger partial charge >= 0.3 is 0 Å². The molecule has 0 aliphatic rings. The second-order valence-corrected chi connectivity index (χ2v) is 5.06. The fraction of sp³-hybridized carbons (Fsp3) is 0.571. The van der Waals surface area contributed by atoms with Gasteiger partial charge in [-0.15, -0.1) is 0 Å². The summed E-state index contributed by atoms with van der Waals surface area (Å²) in [4.78, 5) is 1.98. The molecule has 2 nitrogen and oxygen atoms in total. The molecule has 1 unspecified atom stereocenters. The summed E-state index contributed by atoms with van der Waals surface area (Å²) in [7, 11) is 1.93. The SMILES string of the molecule is CC(C)C(C)N(C)c1c(F)cccc1[C@H](C)N. The van der Waals surface area contributed by atoms with E-state index in [1.165, 1.54) is 6.07 Å². The molecule has 0 aromatic heterocycles. The van der Waals surface area contributed by atoms with Gasteiger partial charge in [-0.1, -0.05) is 26.0 Å². The predicted octanol–water partition coefficient (Wildman–Crippen LogP) is 3.33. The quantitative estimate of drug-likeness (QED) is 0.871. The van der Waals surface area contributed by atoms with Gasteiger partial charge in [0.2, 0.25) is 0 Å². The summed E-state index contributed by atoms with van der Waals surface area (Å²) < 4.78 is 14.0. The standard InChI is InChI=1S/C14H23FN2/c1-9(2)11(4)17(5)14-12(10(3)16)7-6-8-13(14)15/h6-11H,16H2,1-5H3/t10-,11?/m0/s1. The van der Waals surface area contributed by atoms with E-state index in [1.54, 1.807) is 6.07 Å². The molecule has 1 aromatic rings. The van der Waals surface area contributed by atoms with Crippen molar-refractivity contribution in [1.82, 2.24) is 0 Å². The molecule has 0 heterocycles. The molecule has 0 radical (unpaired) electrons. The Bertz CT molecular complexity index is 374. The highest BCUT2D eigenvalue weighted by Crippen LogP contribution is 2.30. The number of anilines is 1. The molecular weight excluding hydrogens is 215 g/mol. The van der Waals surface area contributed by atoms with Crippen molar-refractivity contribution >= 4 is 5.69 Å². The van der Waals surface area contributed by atoms with Crippen LogP contribution in [0, 0.1) is 11.7 Å². The molecule has 0 saturated heterocycles. The Labute approximate surface area is 104 Å². The normalized spacial score (nSPS) is 14.8. The van der Waals surface area contributed by atoms with E-state index < -0.39 is 0 Å². The average Bonchev–Trinajstić information content (AvgIpc) is 2.26. The van der Waals surface area contributed by atoms with Gasteiger partial charge in [-0.2, -0.15) is 0 Å². The lowest BCUT2D eigenvalue weighted by molar-refractivity contribution is 0.495. The highest BCUT2D eigenvalue weighted by Gasteiger charge is 2.20. The third-order valence-electron chi connectivity index (χ3n) is 3.44. The van der Waals surface area contributed by atoms with E-state index in [0.717, 1.165) is 5.56 Å². The zero-order valence-corrected chi connectivity index (χ0v) is 11.4. The van der Waals surface area contributed by atoms with Crippen LogP contribution in [0.3, 0.4) is 0 Å². The first-order valence-corrected chi connectivity index (χ1v) is 6.13. The van der Waals surface area contributed by atoms with Gasteiger partial charge in [-0.05, 0) is 31.4 Å². The van der Waals surface area contributed by atoms with E-state index in [0.29, 0.717) is 11.6 Å². The summed E-state index contributed by atoms with van der Waals surface area (Å²) in [6, 6.07) is 5.20.